The molecule has 0 aliphatic heterocycles. The Kier molecular flexibility index (Phi) is 50.1. The minimum Gasteiger partial charge on any atom is -0.329 e. The molecule has 0 heterocycles. The van der Waals surface area contributed by atoms with Gasteiger partial charge in [-0.15, -0.1) is 20.5 Å². The van der Waals surface area contributed by atoms with Gasteiger partial charge < -0.3 is 33.6 Å². The average Bonchev–Trinajstić information content (AvgIpc) is 2.37. The topological polar surface area (TPSA) is 313 Å². The maximum atomic E-state index is 8.49. The third-order valence-corrected chi connectivity index (χ3v) is 1.28. The van der Waals surface area contributed by atoms with Gasteiger partial charge in [0.05, 0.1) is 0 Å². The van der Waals surface area contributed by atoms with Crippen molar-refractivity contribution in [2.75, 3.05) is 52.4 Å². The quantitative estimate of drug-likeness (QED) is 0.108. The van der Waals surface area contributed by atoms with Crippen LogP contribution in [0.2, 0.25) is 0 Å². The molecular weight excluding hydrogens is 595 g/mol. The summed E-state index contributed by atoms with van der Waals surface area (Å²) in [5.74, 6) is 0. The number of nitrogens with two attached hydrogens (primary N) is 4. The summed E-state index contributed by atoms with van der Waals surface area (Å²) in [7, 11) is -9.89. The molecule has 0 aromatic rings. The molecule has 0 radical (unpaired) electrons. The summed E-state index contributed by atoms with van der Waals surface area (Å²) in [6.07, 6.45) is 0. The summed E-state index contributed by atoms with van der Waals surface area (Å²) >= 11 is 0. The maximum Gasteiger partial charge on any atom is 1.00 e. The van der Waals surface area contributed by atoms with Crippen molar-refractivity contribution in [1.82, 2.24) is 10.6 Å². The van der Waals surface area contributed by atoms with Crippen molar-refractivity contribution >= 4 is 0 Å². The first-order valence-corrected chi connectivity index (χ1v) is 8.75. The maximum absolute atomic E-state index is 8.49. The molecular formula is C8H26Ag2Cl2N6O8. The molecule has 0 spiro atoms. The van der Waals surface area contributed by atoms with E-state index in [1.807, 2.05) is 0 Å². The Bertz CT molecular complexity index is 190. The van der Waals surface area contributed by atoms with Gasteiger partial charge in [-0.1, -0.05) is 0 Å². The van der Waals surface area contributed by atoms with Crippen molar-refractivity contribution in [1.29, 1.82) is 0 Å². The van der Waals surface area contributed by atoms with Gasteiger partial charge in [0.2, 0.25) is 0 Å². The number of halogens is 2. The van der Waals surface area contributed by atoms with Gasteiger partial charge in [-0.25, -0.2) is 37.3 Å². The second kappa shape index (κ2) is 31.2. The van der Waals surface area contributed by atoms with Gasteiger partial charge in [0.25, 0.3) is 0 Å². The van der Waals surface area contributed by atoms with E-state index in [1.165, 1.54) is 0 Å². The molecule has 0 saturated heterocycles. The Morgan fingerprint density at radius 2 is 0.577 bits per heavy atom. The van der Waals surface area contributed by atoms with Crippen LogP contribution in [-0.4, -0.2) is 52.4 Å². The molecule has 10 N–H and O–H groups in total. The molecule has 0 aromatic heterocycles. The molecule has 26 heavy (non-hydrogen) atoms. The minimum absolute atomic E-state index is 0. The van der Waals surface area contributed by atoms with E-state index < -0.39 is 20.5 Å². The van der Waals surface area contributed by atoms with Crippen molar-refractivity contribution in [3.63, 3.8) is 0 Å². The smallest absolute Gasteiger partial charge is 0.329 e. The summed E-state index contributed by atoms with van der Waals surface area (Å²) in [5.41, 5.74) is 20.7. The Hall–Kier alpha value is 1.50. The summed E-state index contributed by atoms with van der Waals surface area (Å²) < 4.78 is 67.9. The molecule has 0 fully saturated rings. The monoisotopic (exact) mass is 618 g/mol. The van der Waals surface area contributed by atoms with Gasteiger partial charge >= 0.3 is 44.8 Å². The van der Waals surface area contributed by atoms with Gasteiger partial charge in [0.1, 0.15) is 0 Å². The summed E-state index contributed by atoms with van der Waals surface area (Å²) in [6.45, 7) is 6.27. The first-order chi connectivity index (χ1) is 10.8. The van der Waals surface area contributed by atoms with Gasteiger partial charge in [-0.05, 0) is 0 Å². The molecule has 0 saturated carbocycles. The molecule has 0 atom stereocenters. The van der Waals surface area contributed by atoms with Crippen LogP contribution in [0.1, 0.15) is 0 Å². The van der Waals surface area contributed by atoms with Crippen molar-refractivity contribution in [2.24, 2.45) is 22.9 Å². The van der Waals surface area contributed by atoms with E-state index in [0.29, 0.717) is 26.2 Å². The van der Waals surface area contributed by atoms with Crippen LogP contribution in [0.5, 0.6) is 0 Å². The fourth-order valence-electron chi connectivity index (χ4n) is 0.658. The van der Waals surface area contributed by atoms with Crippen LogP contribution in [0.15, 0.2) is 0 Å². The van der Waals surface area contributed by atoms with Crippen LogP contribution in [-0.2, 0) is 44.8 Å². The fraction of sp³-hybridized carbons (Fsp3) is 1.00. The van der Waals surface area contributed by atoms with E-state index in [9.17, 15) is 0 Å². The van der Waals surface area contributed by atoms with Gasteiger partial charge in [-0.3, -0.25) is 0 Å². The fourth-order valence-corrected chi connectivity index (χ4v) is 0.658. The summed E-state index contributed by atoms with van der Waals surface area (Å²) in [6, 6.07) is 0. The standard InChI is InChI=1S/2C4H13N3.2Ag.2ClHO4/c2*5-1-3-7-4-2-6;;;2*2-1(3,4)5/h2*7H,1-6H2;;;2*(H,2,3,4,5)/q;;2*+1;;/p-2. The van der Waals surface area contributed by atoms with Crippen LogP contribution in [0.4, 0.5) is 0 Å². The normalized spacial score (nSPS) is 9.69. The molecule has 14 nitrogen and oxygen atoms in total. The summed E-state index contributed by atoms with van der Waals surface area (Å²) in [4.78, 5) is 0. The van der Waals surface area contributed by atoms with E-state index >= 15 is 0 Å². The van der Waals surface area contributed by atoms with Crippen molar-refractivity contribution < 1.29 is 103 Å². The summed E-state index contributed by atoms with van der Waals surface area (Å²) in [5, 5.41) is 6.07. The number of hydrogen-bond donors (Lipinski definition) is 6. The molecule has 0 bridgehead atoms. The first kappa shape index (κ1) is 41.8. The third kappa shape index (κ3) is 170. The first-order valence-electron chi connectivity index (χ1n) is 6.28. The average molecular weight is 621 g/mol. The number of nitrogens with one attached hydrogen (secondary N) is 2. The molecule has 0 aromatic carbocycles. The van der Waals surface area contributed by atoms with Crippen LogP contribution in [0.3, 0.4) is 0 Å². The van der Waals surface area contributed by atoms with Gasteiger partial charge in [0, 0.05) is 52.4 Å². The second-order valence-electron chi connectivity index (χ2n) is 3.41. The van der Waals surface area contributed by atoms with Crippen LogP contribution >= 0.6 is 0 Å². The van der Waals surface area contributed by atoms with E-state index in [-0.39, 0.29) is 44.8 Å². The Balaban J connectivity index is -0.0000000506. The molecule has 172 valence electrons. The number of rotatable bonds is 8. The predicted molar refractivity (Wildman–Crippen MR) is 62.0 cm³/mol. The zero-order chi connectivity index (χ0) is 20.1. The number of hydrogen-bond acceptors (Lipinski definition) is 14. The molecule has 0 aliphatic carbocycles. The SMILES string of the molecule is NCCNCCN.NCCNCCN.[Ag+].[Ag+].[O-][Cl+3]([O-])([O-])[O-].[O-][Cl+3]([O-])([O-])[O-]. The zero-order valence-electron chi connectivity index (χ0n) is 13.6. The van der Waals surface area contributed by atoms with Gasteiger partial charge in [0.15, 0.2) is 0 Å². The second-order valence-corrected chi connectivity index (χ2v) is 4.92. The molecule has 0 amide bonds. The van der Waals surface area contributed by atoms with Crippen molar-refractivity contribution in [3.05, 3.63) is 0 Å². The van der Waals surface area contributed by atoms with E-state index in [2.05, 4.69) is 10.6 Å². The predicted octanol–water partition coefficient (Wildman–Crippen LogP) is -12.5. The van der Waals surface area contributed by atoms with E-state index in [4.69, 9.17) is 60.2 Å². The Labute approximate surface area is 187 Å². The molecule has 18 heteroatoms. The largest absolute Gasteiger partial charge is 1.00 e. The zero-order valence-corrected chi connectivity index (χ0v) is 18.1. The Morgan fingerprint density at radius 3 is 0.654 bits per heavy atom. The van der Waals surface area contributed by atoms with Crippen molar-refractivity contribution in [3.8, 4) is 0 Å². The van der Waals surface area contributed by atoms with E-state index in [1.54, 1.807) is 0 Å². The Morgan fingerprint density at radius 1 is 0.462 bits per heavy atom. The van der Waals surface area contributed by atoms with Crippen LogP contribution in [0, 0.1) is 20.5 Å². The minimum atomic E-state index is -4.94. The van der Waals surface area contributed by atoms with E-state index in [0.717, 1.165) is 26.2 Å². The third-order valence-electron chi connectivity index (χ3n) is 1.28. The van der Waals surface area contributed by atoms with Crippen LogP contribution < -0.4 is 70.8 Å². The van der Waals surface area contributed by atoms with Crippen molar-refractivity contribution in [2.45, 2.75) is 0 Å². The van der Waals surface area contributed by atoms with Crippen LogP contribution in [0.25, 0.3) is 0 Å². The molecule has 0 aliphatic rings. The molecule has 0 rings (SSSR count). The molecule has 0 unspecified atom stereocenters. The van der Waals surface area contributed by atoms with Gasteiger partial charge in [-0.2, -0.15) is 0 Å².